The molecule has 0 aromatic heterocycles. The van der Waals surface area contributed by atoms with Gasteiger partial charge in [0.1, 0.15) is 97.7 Å². The highest BCUT2D eigenvalue weighted by molar-refractivity contribution is 5.79. The lowest BCUT2D eigenvalue weighted by atomic mass is 9.33. The second-order valence-corrected chi connectivity index (χ2v) is 28.1. The van der Waals surface area contributed by atoms with E-state index in [1.54, 1.807) is 0 Å². The summed E-state index contributed by atoms with van der Waals surface area (Å²) in [7, 11) is 0. The maximum absolute atomic E-state index is 15.3. The number of fused-ring (bicyclic) bond motifs is 7. The van der Waals surface area contributed by atoms with Gasteiger partial charge in [0.15, 0.2) is 31.5 Å². The van der Waals surface area contributed by atoms with Crippen LogP contribution in [0.25, 0.3) is 0 Å². The summed E-state index contributed by atoms with van der Waals surface area (Å²) in [6.45, 7) is 14.8. The topological polar surface area (TPSA) is 413 Å². The average Bonchev–Trinajstić information content (AvgIpc) is 0.850. The van der Waals surface area contributed by atoms with E-state index in [4.69, 9.17) is 47.4 Å². The maximum atomic E-state index is 15.3. The highest BCUT2D eigenvalue weighted by atomic mass is 16.8. The zero-order valence-corrected chi connectivity index (χ0v) is 49.1. The lowest BCUT2D eigenvalue weighted by Crippen LogP contribution is -2.67. The molecule has 0 unspecified atom stereocenters. The van der Waals surface area contributed by atoms with Gasteiger partial charge in [-0.3, -0.25) is 4.79 Å². The number of aliphatic hydroxyl groups excluding tert-OH is 15. The predicted octanol–water partition coefficient (Wildman–Crippen LogP) is -2.59. The molecular formula is C58H94O26. The van der Waals surface area contributed by atoms with Crippen LogP contribution in [0.4, 0.5) is 0 Å². The van der Waals surface area contributed by atoms with Gasteiger partial charge in [0.25, 0.3) is 0 Å². The molecule has 482 valence electrons. The summed E-state index contributed by atoms with van der Waals surface area (Å²) in [5.41, 5.74) is -2.10. The highest BCUT2D eigenvalue weighted by Crippen LogP contribution is 2.76. The van der Waals surface area contributed by atoms with Gasteiger partial charge in [0.2, 0.25) is 6.29 Å². The average molecular weight is 1210 g/mol. The summed E-state index contributed by atoms with van der Waals surface area (Å²) >= 11 is 0. The molecule has 5 aliphatic heterocycles. The van der Waals surface area contributed by atoms with Crippen molar-refractivity contribution in [2.75, 3.05) is 19.8 Å². The van der Waals surface area contributed by atoms with Crippen LogP contribution in [0.2, 0.25) is 0 Å². The van der Waals surface area contributed by atoms with Gasteiger partial charge in [0.05, 0.1) is 43.5 Å². The van der Waals surface area contributed by atoms with Gasteiger partial charge >= 0.3 is 5.97 Å². The Bertz CT molecular complexity index is 2340. The molecule has 33 atom stereocenters. The first-order chi connectivity index (χ1) is 39.3. The van der Waals surface area contributed by atoms with Gasteiger partial charge in [-0.15, -0.1) is 0 Å². The number of hydrogen-bond acceptors (Lipinski definition) is 26. The third-order valence-electron chi connectivity index (χ3n) is 22.9. The van der Waals surface area contributed by atoms with Gasteiger partial charge in [-0.1, -0.05) is 53.2 Å². The first kappa shape index (κ1) is 65.2. The van der Waals surface area contributed by atoms with Crippen molar-refractivity contribution >= 4 is 5.97 Å². The molecule has 84 heavy (non-hydrogen) atoms. The van der Waals surface area contributed by atoms with E-state index in [2.05, 4.69) is 40.7 Å². The van der Waals surface area contributed by atoms with E-state index < -0.39 is 183 Å². The fourth-order valence-corrected chi connectivity index (χ4v) is 17.4. The van der Waals surface area contributed by atoms with Crippen LogP contribution in [0.15, 0.2) is 11.6 Å². The molecule has 0 aromatic rings. The fourth-order valence-electron chi connectivity index (χ4n) is 17.4. The second kappa shape index (κ2) is 23.8. The van der Waals surface area contributed by atoms with Crippen LogP contribution >= 0.6 is 0 Å². The van der Waals surface area contributed by atoms with Crippen molar-refractivity contribution in [3.8, 4) is 0 Å². The standard InChI is InChI=1S/C58H94O26/c1-23-32(62)35(65)38(68)47(77-23)81-43-28(20-59)78-48(41(71)37(43)67)82-49-39(69)36(66)40(70)50(83-49)84-52(74)58-17-15-53(3,4)19-26(58)25-9-10-30-54(5)13-12-31(55(6,22-60)29(54)11-14-57(30,8)56(25,7)16-18-58)79-51-45(34(64)27(61)21-75-51)80-44-33(63)24(2)76-46(73)42(44)72/h9,23-24,26-51,59-73H,10-22H2,1-8H3/t23-,24-,26-,27+,28-,29-,30+,31+,32+,33+,34+,35+,36-,37-,38-,39+,40+,41-,42-,43-,44+,45-,46-,47+,48+,49-,50+,51+,54+,55+,56-,57-,58+/m1/s1. The molecule has 10 aliphatic rings. The van der Waals surface area contributed by atoms with E-state index in [0.29, 0.717) is 57.8 Å². The van der Waals surface area contributed by atoms with E-state index in [1.807, 2.05) is 6.92 Å². The Morgan fingerprint density at radius 3 is 1.86 bits per heavy atom. The van der Waals surface area contributed by atoms with E-state index in [-0.39, 0.29) is 47.2 Å². The van der Waals surface area contributed by atoms with Crippen LogP contribution in [0.1, 0.15) is 120 Å². The van der Waals surface area contributed by atoms with E-state index in [9.17, 15) is 76.6 Å². The summed E-state index contributed by atoms with van der Waals surface area (Å²) in [6.07, 6.45) is -31.6. The summed E-state index contributed by atoms with van der Waals surface area (Å²) in [5.74, 6) is -0.980. The molecule has 10 rings (SSSR count). The molecule has 0 aromatic carbocycles. The van der Waals surface area contributed by atoms with Crippen molar-refractivity contribution in [3.63, 3.8) is 0 Å². The number of esters is 1. The third-order valence-corrected chi connectivity index (χ3v) is 22.9. The molecule has 5 saturated heterocycles. The van der Waals surface area contributed by atoms with Crippen LogP contribution in [-0.4, -0.2) is 256 Å². The minimum atomic E-state index is -2.02. The Hall–Kier alpha value is -1.75. The summed E-state index contributed by atoms with van der Waals surface area (Å²) < 4.78 is 58.9. The Labute approximate surface area is 488 Å². The molecule has 0 bridgehead atoms. The summed E-state index contributed by atoms with van der Waals surface area (Å²) in [4.78, 5) is 15.3. The largest absolute Gasteiger partial charge is 0.432 e. The van der Waals surface area contributed by atoms with Crippen LogP contribution in [-0.2, 0) is 52.2 Å². The van der Waals surface area contributed by atoms with E-state index in [0.717, 1.165) is 12.0 Å². The molecule has 5 aliphatic carbocycles. The smallest absolute Gasteiger partial charge is 0.315 e. The zero-order valence-electron chi connectivity index (χ0n) is 49.1. The number of hydrogen-bond donors (Lipinski definition) is 15. The number of ether oxygens (including phenoxy) is 10. The van der Waals surface area contributed by atoms with Crippen LogP contribution in [0, 0.1) is 50.2 Å². The molecule has 26 heteroatoms. The third kappa shape index (κ3) is 10.7. The number of allylic oxidation sites excluding steroid dienone is 2. The zero-order chi connectivity index (χ0) is 61.3. The van der Waals surface area contributed by atoms with Crippen LogP contribution in [0.5, 0.6) is 0 Å². The molecular weight excluding hydrogens is 1110 g/mol. The van der Waals surface area contributed by atoms with Gasteiger partial charge in [-0.05, 0) is 117 Å². The van der Waals surface area contributed by atoms with Gasteiger partial charge < -0.3 is 124 Å². The van der Waals surface area contributed by atoms with Gasteiger partial charge in [0, 0.05) is 5.41 Å². The number of aliphatic hydroxyl groups is 15. The molecule has 0 amide bonds. The summed E-state index contributed by atoms with van der Waals surface area (Å²) in [6, 6.07) is 0. The Morgan fingerprint density at radius 1 is 0.560 bits per heavy atom. The molecule has 4 saturated carbocycles. The monoisotopic (exact) mass is 1210 g/mol. The lowest BCUT2D eigenvalue weighted by Gasteiger charge is -2.71. The number of rotatable bonds is 12. The van der Waals surface area contributed by atoms with E-state index >= 15 is 4.79 Å². The Balaban J connectivity index is 0.852. The van der Waals surface area contributed by atoms with E-state index in [1.165, 1.54) is 13.8 Å². The lowest BCUT2D eigenvalue weighted by molar-refractivity contribution is -0.404. The van der Waals surface area contributed by atoms with Crippen molar-refractivity contribution in [3.05, 3.63) is 11.6 Å². The SMILES string of the molecule is C[C@H]1O[C@@H](O[C@H]2[C@H](O)[C@@H](O)[C@H](O[C@@H]3O[C@@H](OC(=O)[C@]45CCC(C)(C)C[C@@H]4C4=CC[C@H]6[C@@]7(C)CC[C@H](O[C@@H]8OC[C@H](O)[C@H](O)[C@H]8O[C@@H]8[C@@H](O)[C@H](O)O[C@H](C)[C@@H]8O)[C@@](C)(CO)[C@@H]7CC[C@@]6(C)[C@]4(C)CC5)[C@@H](O)[C@H](O)[C@@H]3O)O[C@@H]2CO)[C@H](O)[C@@H](O)[C@H]1O. The molecule has 26 nitrogen and oxygen atoms in total. The highest BCUT2D eigenvalue weighted by Gasteiger charge is 2.71. The molecule has 9 fully saturated rings. The first-order valence-corrected chi connectivity index (χ1v) is 30.2. The minimum absolute atomic E-state index is 0.0818. The molecule has 0 radical (unpaired) electrons. The predicted molar refractivity (Wildman–Crippen MR) is 283 cm³/mol. The second-order valence-electron chi connectivity index (χ2n) is 28.1. The van der Waals surface area contributed by atoms with Crippen molar-refractivity contribution in [1.82, 2.24) is 0 Å². The molecule has 0 spiro atoms. The summed E-state index contributed by atoms with van der Waals surface area (Å²) in [5, 5.41) is 163. The van der Waals surface area contributed by atoms with Crippen LogP contribution in [0.3, 0.4) is 0 Å². The molecule has 5 heterocycles. The van der Waals surface area contributed by atoms with Gasteiger partial charge in [-0.2, -0.15) is 0 Å². The minimum Gasteiger partial charge on any atom is -0.432 e. The number of carbonyl (C=O) groups excluding carboxylic acids is 1. The number of carbonyl (C=O) groups is 1. The van der Waals surface area contributed by atoms with Crippen molar-refractivity contribution in [1.29, 1.82) is 0 Å². The van der Waals surface area contributed by atoms with Gasteiger partial charge in [-0.25, -0.2) is 0 Å². The molecule has 15 N–H and O–H groups in total. The maximum Gasteiger partial charge on any atom is 0.315 e. The quantitative estimate of drug-likeness (QED) is 0.0542. The normalized spacial score (nSPS) is 55.8. The van der Waals surface area contributed by atoms with Crippen molar-refractivity contribution in [2.45, 2.75) is 273 Å². The fraction of sp³-hybridized carbons (Fsp3) is 0.948. The van der Waals surface area contributed by atoms with Crippen molar-refractivity contribution in [2.24, 2.45) is 50.2 Å². The Kier molecular flexibility index (Phi) is 18.5. The Morgan fingerprint density at radius 2 is 1.18 bits per heavy atom. The van der Waals surface area contributed by atoms with Crippen molar-refractivity contribution < 1.29 is 129 Å². The first-order valence-electron chi connectivity index (χ1n) is 30.2. The van der Waals surface area contributed by atoms with Crippen LogP contribution < -0.4 is 0 Å².